The first-order valence-electron chi connectivity index (χ1n) is 7.35. The fourth-order valence-corrected chi connectivity index (χ4v) is 2.74. The Morgan fingerprint density at radius 1 is 1.05 bits per heavy atom. The fourth-order valence-electron chi connectivity index (χ4n) is 2.74. The van der Waals surface area contributed by atoms with E-state index in [1.165, 1.54) is 32.1 Å². The van der Waals surface area contributed by atoms with E-state index in [4.69, 9.17) is 0 Å². The lowest BCUT2D eigenvalue weighted by Crippen LogP contribution is -2.23. The normalized spacial score (nSPS) is 16.1. The quantitative estimate of drug-likeness (QED) is 0.924. The van der Waals surface area contributed by atoms with Crippen molar-refractivity contribution in [2.24, 2.45) is 0 Å². The van der Waals surface area contributed by atoms with Crippen LogP contribution in [0.15, 0.2) is 30.5 Å². The molecular weight excluding hydrogens is 248 g/mol. The van der Waals surface area contributed by atoms with E-state index in [1.54, 1.807) is 6.20 Å². The number of rotatable bonds is 3. The van der Waals surface area contributed by atoms with Gasteiger partial charge in [0.2, 0.25) is 0 Å². The monoisotopic (exact) mass is 268 g/mol. The van der Waals surface area contributed by atoms with Crippen molar-refractivity contribution in [3.8, 4) is 11.4 Å². The van der Waals surface area contributed by atoms with Crippen molar-refractivity contribution in [3.63, 3.8) is 0 Å². The Morgan fingerprint density at radius 2 is 1.90 bits per heavy atom. The molecule has 3 rings (SSSR count). The summed E-state index contributed by atoms with van der Waals surface area (Å²) in [6.07, 6.45) is 8.26. The van der Waals surface area contributed by atoms with Crippen molar-refractivity contribution in [2.45, 2.75) is 45.1 Å². The Labute approximate surface area is 119 Å². The molecule has 0 spiro atoms. The van der Waals surface area contributed by atoms with Gasteiger partial charge in [-0.25, -0.2) is 9.97 Å². The number of aromatic nitrogens is 3. The molecule has 0 saturated heterocycles. The minimum Gasteiger partial charge on any atom is -0.367 e. The van der Waals surface area contributed by atoms with Gasteiger partial charge in [-0.2, -0.15) is 0 Å². The van der Waals surface area contributed by atoms with Crippen LogP contribution >= 0.6 is 0 Å². The van der Waals surface area contributed by atoms with Gasteiger partial charge in [0.15, 0.2) is 0 Å². The lowest BCUT2D eigenvalue weighted by Gasteiger charge is -2.23. The van der Waals surface area contributed by atoms with Crippen molar-refractivity contribution in [1.29, 1.82) is 0 Å². The third-order valence-corrected chi connectivity index (χ3v) is 3.72. The molecule has 1 aliphatic rings. The summed E-state index contributed by atoms with van der Waals surface area (Å²) in [6, 6.07) is 8.43. The SMILES string of the molecule is Cc1nc(NC2CCCCC2)cc(-c2ccccn2)n1. The van der Waals surface area contributed by atoms with Crippen LogP contribution in [0.3, 0.4) is 0 Å². The maximum absolute atomic E-state index is 4.50. The molecule has 2 aromatic rings. The third kappa shape index (κ3) is 3.13. The van der Waals surface area contributed by atoms with Gasteiger partial charge in [0.1, 0.15) is 11.6 Å². The summed E-state index contributed by atoms with van der Waals surface area (Å²) >= 11 is 0. The molecule has 4 nitrogen and oxygen atoms in total. The van der Waals surface area contributed by atoms with Gasteiger partial charge in [0.25, 0.3) is 0 Å². The fraction of sp³-hybridized carbons (Fsp3) is 0.438. The Hall–Kier alpha value is -1.97. The largest absolute Gasteiger partial charge is 0.367 e. The van der Waals surface area contributed by atoms with E-state index >= 15 is 0 Å². The highest BCUT2D eigenvalue weighted by Crippen LogP contribution is 2.23. The predicted molar refractivity (Wildman–Crippen MR) is 80.5 cm³/mol. The van der Waals surface area contributed by atoms with Crippen LogP contribution in [0.1, 0.15) is 37.9 Å². The number of nitrogens with zero attached hydrogens (tertiary/aromatic N) is 3. The smallest absolute Gasteiger partial charge is 0.130 e. The summed E-state index contributed by atoms with van der Waals surface area (Å²) in [5.41, 5.74) is 1.78. The summed E-state index contributed by atoms with van der Waals surface area (Å²) in [7, 11) is 0. The van der Waals surface area contributed by atoms with E-state index in [1.807, 2.05) is 31.2 Å². The molecule has 2 heterocycles. The average Bonchev–Trinajstić information content (AvgIpc) is 2.49. The minimum absolute atomic E-state index is 0.551. The van der Waals surface area contributed by atoms with Crippen LogP contribution < -0.4 is 5.32 Å². The number of anilines is 1. The zero-order chi connectivity index (χ0) is 13.8. The highest BCUT2D eigenvalue weighted by Gasteiger charge is 2.14. The summed E-state index contributed by atoms with van der Waals surface area (Å²) in [5.74, 6) is 1.71. The molecule has 0 radical (unpaired) electrons. The summed E-state index contributed by atoms with van der Waals surface area (Å²) in [6.45, 7) is 1.93. The molecule has 20 heavy (non-hydrogen) atoms. The summed E-state index contributed by atoms with van der Waals surface area (Å²) in [4.78, 5) is 13.3. The van der Waals surface area contributed by atoms with Gasteiger partial charge in [-0.15, -0.1) is 0 Å². The maximum atomic E-state index is 4.50. The molecule has 0 bridgehead atoms. The average molecular weight is 268 g/mol. The second-order valence-corrected chi connectivity index (χ2v) is 5.38. The zero-order valence-electron chi connectivity index (χ0n) is 11.8. The van der Waals surface area contributed by atoms with Gasteiger partial charge in [0.05, 0.1) is 11.4 Å². The van der Waals surface area contributed by atoms with E-state index in [2.05, 4.69) is 20.3 Å². The van der Waals surface area contributed by atoms with Crippen molar-refractivity contribution < 1.29 is 0 Å². The van der Waals surface area contributed by atoms with Crippen LogP contribution in [-0.4, -0.2) is 21.0 Å². The van der Waals surface area contributed by atoms with Crippen LogP contribution in [0.25, 0.3) is 11.4 Å². The Morgan fingerprint density at radius 3 is 2.65 bits per heavy atom. The van der Waals surface area contributed by atoms with Gasteiger partial charge >= 0.3 is 0 Å². The molecule has 2 aromatic heterocycles. The summed E-state index contributed by atoms with van der Waals surface area (Å²) < 4.78 is 0. The number of hydrogen-bond donors (Lipinski definition) is 1. The van der Waals surface area contributed by atoms with Crippen molar-refractivity contribution in [1.82, 2.24) is 15.0 Å². The van der Waals surface area contributed by atoms with E-state index in [-0.39, 0.29) is 0 Å². The molecule has 4 heteroatoms. The zero-order valence-corrected chi connectivity index (χ0v) is 11.8. The molecule has 1 N–H and O–H groups in total. The van der Waals surface area contributed by atoms with Crippen LogP contribution in [0.4, 0.5) is 5.82 Å². The van der Waals surface area contributed by atoms with Crippen molar-refractivity contribution >= 4 is 5.82 Å². The molecule has 1 aliphatic carbocycles. The van der Waals surface area contributed by atoms with Gasteiger partial charge in [-0.05, 0) is 31.9 Å². The third-order valence-electron chi connectivity index (χ3n) is 3.72. The molecule has 104 valence electrons. The lowest BCUT2D eigenvalue weighted by atomic mass is 9.95. The van der Waals surface area contributed by atoms with E-state index in [9.17, 15) is 0 Å². The Balaban J connectivity index is 1.83. The number of nitrogens with one attached hydrogen (secondary N) is 1. The van der Waals surface area contributed by atoms with Crippen molar-refractivity contribution in [2.75, 3.05) is 5.32 Å². The van der Waals surface area contributed by atoms with E-state index < -0.39 is 0 Å². The van der Waals surface area contributed by atoms with Gasteiger partial charge in [0, 0.05) is 18.3 Å². The van der Waals surface area contributed by atoms with Crippen LogP contribution in [0.5, 0.6) is 0 Å². The molecule has 0 aromatic carbocycles. The minimum atomic E-state index is 0.551. The molecule has 0 unspecified atom stereocenters. The Kier molecular flexibility index (Phi) is 3.90. The number of aryl methyl sites for hydroxylation is 1. The van der Waals surface area contributed by atoms with Gasteiger partial charge in [-0.1, -0.05) is 25.3 Å². The highest BCUT2D eigenvalue weighted by atomic mass is 15.0. The number of hydrogen-bond acceptors (Lipinski definition) is 4. The first-order valence-corrected chi connectivity index (χ1v) is 7.35. The first kappa shape index (κ1) is 13.0. The second kappa shape index (κ2) is 5.99. The summed E-state index contributed by atoms with van der Waals surface area (Å²) in [5, 5.41) is 3.55. The molecule has 0 atom stereocenters. The first-order chi connectivity index (χ1) is 9.81. The van der Waals surface area contributed by atoms with Gasteiger partial charge in [-0.3, -0.25) is 4.98 Å². The van der Waals surface area contributed by atoms with E-state index in [0.29, 0.717) is 6.04 Å². The lowest BCUT2D eigenvalue weighted by molar-refractivity contribution is 0.462. The van der Waals surface area contributed by atoms with Crippen LogP contribution in [0.2, 0.25) is 0 Å². The van der Waals surface area contributed by atoms with Crippen LogP contribution in [-0.2, 0) is 0 Å². The van der Waals surface area contributed by atoms with E-state index in [0.717, 1.165) is 23.0 Å². The van der Waals surface area contributed by atoms with Gasteiger partial charge < -0.3 is 5.32 Å². The van der Waals surface area contributed by atoms with Crippen LogP contribution in [0, 0.1) is 6.92 Å². The maximum Gasteiger partial charge on any atom is 0.130 e. The molecule has 1 saturated carbocycles. The number of pyridine rings is 1. The predicted octanol–water partition coefficient (Wildman–Crippen LogP) is 3.59. The standard InChI is InChI=1S/C16H20N4/c1-12-18-15(14-9-5-6-10-17-14)11-16(19-12)20-13-7-3-2-4-8-13/h5-6,9-11,13H,2-4,7-8H2,1H3,(H,18,19,20). The molecule has 1 fully saturated rings. The van der Waals surface area contributed by atoms with Crippen molar-refractivity contribution in [3.05, 3.63) is 36.3 Å². The highest BCUT2D eigenvalue weighted by molar-refractivity contribution is 5.58. The molecular formula is C16H20N4. The topological polar surface area (TPSA) is 50.7 Å². The Bertz CT molecular complexity index is 562. The second-order valence-electron chi connectivity index (χ2n) is 5.38. The molecule has 0 aliphatic heterocycles. The molecule has 0 amide bonds.